The zero-order valence-corrected chi connectivity index (χ0v) is 10.9. The second-order valence-electron chi connectivity index (χ2n) is 5.06. The SMILES string of the molecule is CCNCc1ncoc1CC1CCCCCC1. The first-order valence-corrected chi connectivity index (χ1v) is 7.02. The first kappa shape index (κ1) is 12.6. The molecule has 0 unspecified atom stereocenters. The van der Waals surface area contributed by atoms with Crippen LogP contribution in [0.5, 0.6) is 0 Å². The third-order valence-electron chi connectivity index (χ3n) is 3.72. The van der Waals surface area contributed by atoms with E-state index in [-0.39, 0.29) is 0 Å². The van der Waals surface area contributed by atoms with Gasteiger partial charge in [0, 0.05) is 13.0 Å². The van der Waals surface area contributed by atoms with Gasteiger partial charge >= 0.3 is 0 Å². The molecule has 0 atom stereocenters. The van der Waals surface area contributed by atoms with Crippen LogP contribution in [0.2, 0.25) is 0 Å². The van der Waals surface area contributed by atoms with Crippen LogP contribution < -0.4 is 5.32 Å². The van der Waals surface area contributed by atoms with E-state index >= 15 is 0 Å². The second kappa shape index (κ2) is 6.80. The topological polar surface area (TPSA) is 38.1 Å². The maximum absolute atomic E-state index is 5.55. The molecule has 0 spiro atoms. The molecule has 0 aromatic carbocycles. The highest BCUT2D eigenvalue weighted by Gasteiger charge is 2.17. The fraction of sp³-hybridized carbons (Fsp3) is 0.786. The Labute approximate surface area is 104 Å². The van der Waals surface area contributed by atoms with Crippen LogP contribution in [0.25, 0.3) is 0 Å². The van der Waals surface area contributed by atoms with Crippen molar-refractivity contribution >= 4 is 0 Å². The van der Waals surface area contributed by atoms with Crippen molar-refractivity contribution in [1.29, 1.82) is 0 Å². The minimum absolute atomic E-state index is 0.811. The molecule has 0 bridgehead atoms. The summed E-state index contributed by atoms with van der Waals surface area (Å²) in [7, 11) is 0. The lowest BCUT2D eigenvalue weighted by Gasteiger charge is -2.12. The van der Waals surface area contributed by atoms with Crippen molar-refractivity contribution in [3.05, 3.63) is 17.8 Å². The number of nitrogens with zero attached hydrogens (tertiary/aromatic N) is 1. The van der Waals surface area contributed by atoms with Gasteiger partial charge in [0.1, 0.15) is 5.76 Å². The average molecular weight is 236 g/mol. The van der Waals surface area contributed by atoms with Gasteiger partial charge in [0.25, 0.3) is 0 Å². The number of rotatable bonds is 5. The lowest BCUT2D eigenvalue weighted by atomic mass is 9.95. The molecule has 17 heavy (non-hydrogen) atoms. The Morgan fingerprint density at radius 2 is 2.06 bits per heavy atom. The van der Waals surface area contributed by atoms with Crippen molar-refractivity contribution in [2.75, 3.05) is 6.54 Å². The van der Waals surface area contributed by atoms with Crippen molar-refractivity contribution in [1.82, 2.24) is 10.3 Å². The molecule has 0 amide bonds. The van der Waals surface area contributed by atoms with E-state index in [9.17, 15) is 0 Å². The van der Waals surface area contributed by atoms with Gasteiger partial charge in [0.05, 0.1) is 5.69 Å². The van der Waals surface area contributed by atoms with Crippen LogP contribution in [0, 0.1) is 5.92 Å². The van der Waals surface area contributed by atoms with Gasteiger partial charge in [-0.1, -0.05) is 45.4 Å². The molecule has 1 aromatic heterocycles. The predicted molar refractivity (Wildman–Crippen MR) is 68.8 cm³/mol. The smallest absolute Gasteiger partial charge is 0.181 e. The average Bonchev–Trinajstić information content (AvgIpc) is 2.61. The molecule has 1 fully saturated rings. The zero-order chi connectivity index (χ0) is 11.9. The maximum atomic E-state index is 5.55. The number of nitrogens with one attached hydrogen (secondary N) is 1. The Kier molecular flexibility index (Phi) is 5.05. The van der Waals surface area contributed by atoms with Gasteiger partial charge in [-0.2, -0.15) is 0 Å². The summed E-state index contributed by atoms with van der Waals surface area (Å²) in [6.45, 7) is 3.94. The van der Waals surface area contributed by atoms with E-state index in [0.717, 1.165) is 36.9 Å². The number of aromatic nitrogens is 1. The van der Waals surface area contributed by atoms with E-state index < -0.39 is 0 Å². The first-order valence-electron chi connectivity index (χ1n) is 7.02. The van der Waals surface area contributed by atoms with Gasteiger partial charge in [-0.25, -0.2) is 4.98 Å². The summed E-state index contributed by atoms with van der Waals surface area (Å²) >= 11 is 0. The summed E-state index contributed by atoms with van der Waals surface area (Å²) in [6, 6.07) is 0. The van der Waals surface area contributed by atoms with Crippen molar-refractivity contribution in [2.45, 2.75) is 58.4 Å². The molecule has 1 saturated carbocycles. The summed E-state index contributed by atoms with van der Waals surface area (Å²) < 4.78 is 5.55. The fourth-order valence-electron chi connectivity index (χ4n) is 2.68. The van der Waals surface area contributed by atoms with Gasteiger partial charge in [0.2, 0.25) is 0 Å². The molecule has 0 aliphatic heterocycles. The van der Waals surface area contributed by atoms with Gasteiger partial charge in [-0.15, -0.1) is 0 Å². The van der Waals surface area contributed by atoms with E-state index in [1.165, 1.54) is 38.5 Å². The Hall–Kier alpha value is -0.830. The van der Waals surface area contributed by atoms with E-state index in [4.69, 9.17) is 4.42 Å². The lowest BCUT2D eigenvalue weighted by molar-refractivity contribution is 0.399. The number of hydrogen-bond donors (Lipinski definition) is 1. The zero-order valence-electron chi connectivity index (χ0n) is 10.9. The third kappa shape index (κ3) is 3.84. The minimum Gasteiger partial charge on any atom is -0.448 e. The molecule has 3 heteroatoms. The fourth-order valence-corrected chi connectivity index (χ4v) is 2.68. The van der Waals surface area contributed by atoms with Crippen LogP contribution in [0.3, 0.4) is 0 Å². The Morgan fingerprint density at radius 3 is 2.76 bits per heavy atom. The highest BCUT2D eigenvalue weighted by atomic mass is 16.3. The standard InChI is InChI=1S/C14H24N2O/c1-2-15-10-13-14(17-11-16-13)9-12-7-5-3-4-6-8-12/h11-12,15H,2-10H2,1H3. The molecular formula is C14H24N2O. The number of oxazole rings is 1. The molecular weight excluding hydrogens is 212 g/mol. The summed E-state index contributed by atoms with van der Waals surface area (Å²) in [5.41, 5.74) is 1.11. The van der Waals surface area contributed by atoms with Crippen LogP contribution in [0.15, 0.2) is 10.8 Å². The highest BCUT2D eigenvalue weighted by Crippen LogP contribution is 2.26. The molecule has 1 aromatic rings. The van der Waals surface area contributed by atoms with E-state index in [2.05, 4.69) is 17.2 Å². The molecule has 1 aliphatic rings. The summed E-state index contributed by atoms with van der Waals surface area (Å²) in [5.74, 6) is 1.92. The van der Waals surface area contributed by atoms with Gasteiger partial charge in [-0.05, 0) is 12.5 Å². The van der Waals surface area contributed by atoms with Crippen molar-refractivity contribution in [2.24, 2.45) is 5.92 Å². The van der Waals surface area contributed by atoms with Crippen LogP contribution in [-0.2, 0) is 13.0 Å². The minimum atomic E-state index is 0.811. The maximum Gasteiger partial charge on any atom is 0.181 e. The van der Waals surface area contributed by atoms with E-state index in [1.54, 1.807) is 6.39 Å². The van der Waals surface area contributed by atoms with Crippen molar-refractivity contribution in [3.8, 4) is 0 Å². The third-order valence-corrected chi connectivity index (χ3v) is 3.72. The predicted octanol–water partition coefficient (Wildman–Crippen LogP) is 3.30. The Balaban J connectivity index is 1.90. The molecule has 0 saturated heterocycles. The molecule has 1 N–H and O–H groups in total. The Morgan fingerprint density at radius 1 is 1.29 bits per heavy atom. The molecule has 2 rings (SSSR count). The number of hydrogen-bond acceptors (Lipinski definition) is 3. The summed E-state index contributed by atoms with van der Waals surface area (Å²) in [4.78, 5) is 4.31. The lowest BCUT2D eigenvalue weighted by Crippen LogP contribution is -2.14. The van der Waals surface area contributed by atoms with Crippen LogP contribution in [0.4, 0.5) is 0 Å². The summed E-state index contributed by atoms with van der Waals surface area (Å²) in [5, 5.41) is 3.32. The normalized spacial score (nSPS) is 18.2. The van der Waals surface area contributed by atoms with Gasteiger partial charge in [0.15, 0.2) is 6.39 Å². The first-order chi connectivity index (χ1) is 8.40. The quantitative estimate of drug-likeness (QED) is 0.797. The van der Waals surface area contributed by atoms with E-state index in [1.807, 2.05) is 0 Å². The monoisotopic (exact) mass is 236 g/mol. The Bertz CT molecular complexity index is 314. The van der Waals surface area contributed by atoms with Gasteiger partial charge in [-0.3, -0.25) is 0 Å². The van der Waals surface area contributed by atoms with Crippen LogP contribution in [0.1, 0.15) is 56.9 Å². The van der Waals surface area contributed by atoms with Gasteiger partial charge < -0.3 is 9.73 Å². The molecule has 96 valence electrons. The largest absolute Gasteiger partial charge is 0.448 e. The van der Waals surface area contributed by atoms with Crippen LogP contribution >= 0.6 is 0 Å². The van der Waals surface area contributed by atoms with Crippen molar-refractivity contribution < 1.29 is 4.42 Å². The highest BCUT2D eigenvalue weighted by molar-refractivity contribution is 5.08. The second-order valence-corrected chi connectivity index (χ2v) is 5.06. The van der Waals surface area contributed by atoms with Crippen molar-refractivity contribution in [3.63, 3.8) is 0 Å². The summed E-state index contributed by atoms with van der Waals surface area (Å²) in [6.07, 6.45) is 11.0. The molecule has 1 heterocycles. The molecule has 1 aliphatic carbocycles. The molecule has 3 nitrogen and oxygen atoms in total. The van der Waals surface area contributed by atoms with E-state index in [0.29, 0.717) is 0 Å². The molecule has 0 radical (unpaired) electrons. The van der Waals surface area contributed by atoms with Crippen LogP contribution in [-0.4, -0.2) is 11.5 Å².